The van der Waals surface area contributed by atoms with E-state index in [1.165, 1.54) is 0 Å². The monoisotopic (exact) mass is 304 g/mol. The van der Waals surface area contributed by atoms with Gasteiger partial charge in [0.15, 0.2) is 6.61 Å². The molecule has 2 heterocycles. The molecule has 0 spiro atoms. The van der Waals surface area contributed by atoms with Crippen LogP contribution in [-0.4, -0.2) is 49.1 Å². The molecule has 1 aromatic rings. The third-order valence-corrected chi connectivity index (χ3v) is 3.93. The number of carbonyl (C=O) groups excluding carboxylic acids is 2. The molecule has 6 nitrogen and oxygen atoms in total. The van der Waals surface area contributed by atoms with Crippen LogP contribution >= 0.6 is 0 Å². The highest BCUT2D eigenvalue weighted by Crippen LogP contribution is 2.26. The standard InChI is InChI=1S/C16H20N2O4/c1-11-9-18(6-7-21-11)16(20)10-22-13-3-4-14-12(8-13)2-5-15(19)17-14/h3-4,8,11H,2,5-7,9-10H2,1H3,(H,17,19). The molecular formula is C16H20N2O4. The van der Waals surface area contributed by atoms with Crippen LogP contribution in [0.15, 0.2) is 18.2 Å². The summed E-state index contributed by atoms with van der Waals surface area (Å²) in [6.07, 6.45) is 1.26. The van der Waals surface area contributed by atoms with Crippen molar-refractivity contribution >= 4 is 17.5 Å². The number of hydrogen-bond acceptors (Lipinski definition) is 4. The van der Waals surface area contributed by atoms with E-state index in [0.717, 1.165) is 11.3 Å². The van der Waals surface area contributed by atoms with E-state index in [9.17, 15) is 9.59 Å². The summed E-state index contributed by atoms with van der Waals surface area (Å²) in [5, 5.41) is 2.82. The topological polar surface area (TPSA) is 67.9 Å². The van der Waals surface area contributed by atoms with Crippen molar-refractivity contribution in [1.82, 2.24) is 4.90 Å². The largest absolute Gasteiger partial charge is 0.484 e. The Balaban J connectivity index is 1.57. The minimum absolute atomic E-state index is 0.0257. The highest BCUT2D eigenvalue weighted by Gasteiger charge is 2.22. The van der Waals surface area contributed by atoms with Crippen molar-refractivity contribution in [3.63, 3.8) is 0 Å². The summed E-state index contributed by atoms with van der Waals surface area (Å²) in [7, 11) is 0. The van der Waals surface area contributed by atoms with Gasteiger partial charge in [-0.05, 0) is 37.1 Å². The second-order valence-corrected chi connectivity index (χ2v) is 5.68. The van der Waals surface area contributed by atoms with Gasteiger partial charge in [0, 0.05) is 25.2 Å². The summed E-state index contributed by atoms with van der Waals surface area (Å²) in [6.45, 7) is 3.78. The molecule has 2 aliphatic rings. The van der Waals surface area contributed by atoms with Gasteiger partial charge < -0.3 is 19.7 Å². The lowest BCUT2D eigenvalue weighted by atomic mass is 10.0. The van der Waals surface area contributed by atoms with E-state index in [-0.39, 0.29) is 24.5 Å². The second-order valence-electron chi connectivity index (χ2n) is 5.68. The molecule has 0 aliphatic carbocycles. The summed E-state index contributed by atoms with van der Waals surface area (Å²) in [5.41, 5.74) is 1.88. The molecule has 22 heavy (non-hydrogen) atoms. The Hall–Kier alpha value is -2.08. The summed E-state index contributed by atoms with van der Waals surface area (Å²) in [6, 6.07) is 5.49. The number of nitrogens with one attached hydrogen (secondary N) is 1. The first-order valence-electron chi connectivity index (χ1n) is 7.57. The van der Waals surface area contributed by atoms with Crippen molar-refractivity contribution in [3.8, 4) is 5.75 Å². The Kier molecular flexibility index (Phi) is 4.29. The molecule has 0 radical (unpaired) electrons. The third kappa shape index (κ3) is 3.39. The fourth-order valence-corrected chi connectivity index (χ4v) is 2.73. The molecule has 0 aromatic heterocycles. The summed E-state index contributed by atoms with van der Waals surface area (Å²) >= 11 is 0. The van der Waals surface area contributed by atoms with Gasteiger partial charge in [-0.15, -0.1) is 0 Å². The lowest BCUT2D eigenvalue weighted by Crippen LogP contribution is -2.46. The van der Waals surface area contributed by atoms with Crippen LogP contribution in [0, 0.1) is 0 Å². The van der Waals surface area contributed by atoms with Crippen LogP contribution in [0.2, 0.25) is 0 Å². The summed E-state index contributed by atoms with van der Waals surface area (Å²) < 4.78 is 11.0. The second kappa shape index (κ2) is 6.36. The van der Waals surface area contributed by atoms with Crippen LogP contribution in [-0.2, 0) is 20.7 Å². The van der Waals surface area contributed by atoms with Gasteiger partial charge in [0.25, 0.3) is 5.91 Å². The smallest absolute Gasteiger partial charge is 0.260 e. The van der Waals surface area contributed by atoms with Gasteiger partial charge in [-0.2, -0.15) is 0 Å². The molecule has 2 amide bonds. The van der Waals surface area contributed by atoms with E-state index in [0.29, 0.717) is 38.3 Å². The maximum Gasteiger partial charge on any atom is 0.260 e. The zero-order valence-electron chi connectivity index (χ0n) is 12.6. The Bertz CT molecular complexity index is 588. The normalized spacial score (nSPS) is 21.0. The van der Waals surface area contributed by atoms with Crippen molar-refractivity contribution in [2.24, 2.45) is 0 Å². The van der Waals surface area contributed by atoms with Gasteiger partial charge in [0.2, 0.25) is 5.91 Å². The molecule has 0 saturated carbocycles. The summed E-state index contributed by atoms with van der Waals surface area (Å²) in [5.74, 6) is 0.670. The fraction of sp³-hybridized carbons (Fsp3) is 0.500. The number of aryl methyl sites for hydroxylation is 1. The predicted octanol–water partition coefficient (Wildman–Crippen LogP) is 1.20. The average Bonchev–Trinajstić information content (AvgIpc) is 2.52. The molecule has 1 atom stereocenters. The lowest BCUT2D eigenvalue weighted by Gasteiger charge is -2.31. The number of nitrogens with zero attached hydrogens (tertiary/aromatic N) is 1. The molecule has 1 N–H and O–H groups in total. The fourth-order valence-electron chi connectivity index (χ4n) is 2.73. The highest BCUT2D eigenvalue weighted by molar-refractivity contribution is 5.94. The first-order valence-corrected chi connectivity index (χ1v) is 7.57. The van der Waals surface area contributed by atoms with Gasteiger partial charge >= 0.3 is 0 Å². The highest BCUT2D eigenvalue weighted by atomic mass is 16.5. The number of fused-ring (bicyclic) bond motifs is 1. The van der Waals surface area contributed by atoms with Crippen molar-refractivity contribution in [2.75, 3.05) is 31.6 Å². The molecular weight excluding hydrogens is 284 g/mol. The van der Waals surface area contributed by atoms with Crippen molar-refractivity contribution in [2.45, 2.75) is 25.9 Å². The van der Waals surface area contributed by atoms with Crippen LogP contribution < -0.4 is 10.1 Å². The molecule has 0 bridgehead atoms. The van der Waals surface area contributed by atoms with Crippen LogP contribution in [0.3, 0.4) is 0 Å². The number of morpholine rings is 1. The van der Waals surface area contributed by atoms with E-state index in [4.69, 9.17) is 9.47 Å². The zero-order chi connectivity index (χ0) is 15.5. The Morgan fingerprint density at radius 1 is 1.45 bits per heavy atom. The number of anilines is 1. The first-order chi connectivity index (χ1) is 10.6. The maximum absolute atomic E-state index is 12.1. The third-order valence-electron chi connectivity index (χ3n) is 3.93. The number of amides is 2. The maximum atomic E-state index is 12.1. The Morgan fingerprint density at radius 3 is 3.14 bits per heavy atom. The minimum atomic E-state index is -0.0267. The Morgan fingerprint density at radius 2 is 2.32 bits per heavy atom. The van der Waals surface area contributed by atoms with E-state index < -0.39 is 0 Å². The van der Waals surface area contributed by atoms with Crippen LogP contribution in [0.4, 0.5) is 5.69 Å². The van der Waals surface area contributed by atoms with Crippen LogP contribution in [0.1, 0.15) is 18.9 Å². The van der Waals surface area contributed by atoms with Crippen molar-refractivity contribution in [3.05, 3.63) is 23.8 Å². The number of carbonyl (C=O) groups is 2. The summed E-state index contributed by atoms with van der Waals surface area (Å²) in [4.78, 5) is 25.2. The molecule has 1 aromatic carbocycles. The zero-order valence-corrected chi connectivity index (χ0v) is 12.6. The average molecular weight is 304 g/mol. The SMILES string of the molecule is CC1CN(C(=O)COc2ccc3c(c2)CCC(=O)N3)CCO1. The number of hydrogen-bond donors (Lipinski definition) is 1. The molecule has 1 fully saturated rings. The number of benzene rings is 1. The quantitative estimate of drug-likeness (QED) is 0.911. The molecule has 118 valence electrons. The van der Waals surface area contributed by atoms with E-state index in [1.54, 1.807) is 11.0 Å². The van der Waals surface area contributed by atoms with Gasteiger partial charge in [-0.25, -0.2) is 0 Å². The molecule has 6 heteroatoms. The van der Waals surface area contributed by atoms with Crippen molar-refractivity contribution in [1.29, 1.82) is 0 Å². The van der Waals surface area contributed by atoms with E-state index >= 15 is 0 Å². The van der Waals surface area contributed by atoms with Crippen LogP contribution in [0.25, 0.3) is 0 Å². The predicted molar refractivity (Wildman–Crippen MR) is 80.9 cm³/mol. The van der Waals surface area contributed by atoms with Crippen molar-refractivity contribution < 1.29 is 19.1 Å². The van der Waals surface area contributed by atoms with E-state index in [2.05, 4.69) is 5.32 Å². The molecule has 1 unspecified atom stereocenters. The molecule has 2 aliphatic heterocycles. The van der Waals surface area contributed by atoms with Gasteiger partial charge in [0.05, 0.1) is 12.7 Å². The van der Waals surface area contributed by atoms with Gasteiger partial charge in [-0.3, -0.25) is 9.59 Å². The van der Waals surface area contributed by atoms with Gasteiger partial charge in [-0.1, -0.05) is 0 Å². The Labute approximate surface area is 129 Å². The molecule has 1 saturated heterocycles. The molecule has 3 rings (SSSR count). The number of rotatable bonds is 3. The van der Waals surface area contributed by atoms with Gasteiger partial charge in [0.1, 0.15) is 5.75 Å². The van der Waals surface area contributed by atoms with Crippen LogP contribution in [0.5, 0.6) is 5.75 Å². The lowest BCUT2D eigenvalue weighted by molar-refractivity contribution is -0.140. The first kappa shape index (κ1) is 14.8. The number of ether oxygens (including phenoxy) is 2. The van der Waals surface area contributed by atoms with E-state index in [1.807, 2.05) is 19.1 Å². The minimum Gasteiger partial charge on any atom is -0.484 e.